The molecule has 2 fully saturated rings. The number of carbonyl (C=O) groups excluding carboxylic acids is 2. The molecule has 6 nitrogen and oxygen atoms in total. The Balaban J connectivity index is 1.51. The number of carbonyl (C=O) groups is 2. The first kappa shape index (κ1) is 14.0. The number of nitrogens with one attached hydrogen (secondary N) is 1. The number of benzene rings is 1. The summed E-state index contributed by atoms with van der Waals surface area (Å²) >= 11 is 1.66. The van der Waals surface area contributed by atoms with Crippen LogP contribution in [-0.4, -0.2) is 59.8 Å². The van der Waals surface area contributed by atoms with Crippen LogP contribution in [0.25, 0.3) is 0 Å². The first-order valence-electron chi connectivity index (χ1n) is 7.42. The van der Waals surface area contributed by atoms with E-state index in [-0.39, 0.29) is 17.2 Å². The van der Waals surface area contributed by atoms with E-state index < -0.39 is 6.04 Å². The van der Waals surface area contributed by atoms with E-state index in [9.17, 15) is 9.59 Å². The van der Waals surface area contributed by atoms with Crippen molar-refractivity contribution in [2.24, 2.45) is 0 Å². The SMILES string of the molecule is O=C(NN1CCOCC1)[C@@H]1CSC2c3ccccc3C(=O)N21. The molecule has 2 saturated heterocycles. The van der Waals surface area contributed by atoms with Gasteiger partial charge < -0.3 is 9.64 Å². The molecular formula is C15H17N3O3S. The van der Waals surface area contributed by atoms with E-state index in [0.717, 1.165) is 11.1 Å². The molecule has 0 aromatic heterocycles. The molecule has 7 heteroatoms. The standard InChI is InChI=1S/C15H17N3O3S/c19-13(16-17-5-7-21-8-6-17)12-9-22-15-11-4-2-1-3-10(11)14(20)18(12)15/h1-4,12,15H,5-9H2,(H,16,19)/t12-,15?/m0/s1. The lowest BCUT2D eigenvalue weighted by atomic mass is 10.1. The summed E-state index contributed by atoms with van der Waals surface area (Å²) in [7, 11) is 0. The van der Waals surface area contributed by atoms with Gasteiger partial charge in [-0.1, -0.05) is 18.2 Å². The summed E-state index contributed by atoms with van der Waals surface area (Å²) < 4.78 is 5.27. The highest BCUT2D eigenvalue weighted by Crippen LogP contribution is 2.47. The molecule has 1 N–H and O–H groups in total. The van der Waals surface area contributed by atoms with Crippen LogP contribution >= 0.6 is 11.8 Å². The third-order valence-electron chi connectivity index (χ3n) is 4.27. The number of nitrogens with zero attached hydrogens (tertiary/aromatic N) is 2. The Bertz CT molecular complexity index is 618. The monoisotopic (exact) mass is 319 g/mol. The second kappa shape index (κ2) is 5.57. The van der Waals surface area contributed by atoms with Gasteiger partial charge in [0.1, 0.15) is 11.4 Å². The Morgan fingerprint density at radius 3 is 2.86 bits per heavy atom. The van der Waals surface area contributed by atoms with Crippen LogP contribution in [0.1, 0.15) is 21.3 Å². The zero-order valence-corrected chi connectivity index (χ0v) is 12.8. The maximum absolute atomic E-state index is 12.6. The number of amides is 2. The maximum Gasteiger partial charge on any atom is 0.257 e. The topological polar surface area (TPSA) is 61.9 Å². The molecular weight excluding hydrogens is 302 g/mol. The third kappa shape index (κ3) is 2.20. The molecule has 1 aromatic carbocycles. The Morgan fingerprint density at radius 2 is 2.05 bits per heavy atom. The fraction of sp³-hybridized carbons (Fsp3) is 0.467. The Morgan fingerprint density at radius 1 is 1.27 bits per heavy atom. The lowest BCUT2D eigenvalue weighted by Crippen LogP contribution is -2.54. The molecule has 1 unspecified atom stereocenters. The largest absolute Gasteiger partial charge is 0.379 e. The summed E-state index contributed by atoms with van der Waals surface area (Å²) in [6, 6.07) is 7.22. The summed E-state index contributed by atoms with van der Waals surface area (Å²) in [6.07, 6.45) is 0. The van der Waals surface area contributed by atoms with Crippen LogP contribution in [0, 0.1) is 0 Å². The van der Waals surface area contributed by atoms with Crippen LogP contribution in [0.3, 0.4) is 0 Å². The van der Waals surface area contributed by atoms with Gasteiger partial charge in [-0.2, -0.15) is 0 Å². The molecule has 0 radical (unpaired) electrons. The number of ether oxygens (including phenoxy) is 1. The highest BCUT2D eigenvalue weighted by molar-refractivity contribution is 7.99. The average Bonchev–Trinajstić information content (AvgIpc) is 3.10. The molecule has 22 heavy (non-hydrogen) atoms. The predicted molar refractivity (Wildman–Crippen MR) is 82.1 cm³/mol. The first-order chi connectivity index (χ1) is 10.8. The molecule has 3 aliphatic rings. The van der Waals surface area contributed by atoms with Gasteiger partial charge in [-0.15, -0.1) is 11.8 Å². The van der Waals surface area contributed by atoms with Crippen molar-refractivity contribution in [1.82, 2.24) is 15.3 Å². The number of hydrogen-bond acceptors (Lipinski definition) is 5. The van der Waals surface area contributed by atoms with E-state index in [1.807, 2.05) is 29.3 Å². The molecule has 2 atom stereocenters. The molecule has 0 bridgehead atoms. The molecule has 3 heterocycles. The second-order valence-corrected chi connectivity index (χ2v) is 6.69. The number of morpholine rings is 1. The minimum atomic E-state index is -0.405. The van der Waals surface area contributed by atoms with E-state index in [4.69, 9.17) is 4.74 Å². The molecule has 0 spiro atoms. The van der Waals surface area contributed by atoms with Crippen molar-refractivity contribution in [3.8, 4) is 0 Å². The minimum absolute atomic E-state index is 0.0239. The van der Waals surface area contributed by atoms with Crippen molar-refractivity contribution in [2.45, 2.75) is 11.4 Å². The number of thioether (sulfide) groups is 1. The smallest absolute Gasteiger partial charge is 0.257 e. The summed E-state index contributed by atoms with van der Waals surface area (Å²) in [4.78, 5) is 26.9. The zero-order chi connectivity index (χ0) is 15.1. The van der Waals surface area contributed by atoms with Crippen LogP contribution in [0.15, 0.2) is 24.3 Å². The molecule has 116 valence electrons. The van der Waals surface area contributed by atoms with Crippen molar-refractivity contribution < 1.29 is 14.3 Å². The van der Waals surface area contributed by atoms with Gasteiger partial charge in [0.05, 0.1) is 13.2 Å². The van der Waals surface area contributed by atoms with E-state index in [1.165, 1.54) is 0 Å². The van der Waals surface area contributed by atoms with Crippen LogP contribution < -0.4 is 5.43 Å². The Kier molecular flexibility index (Phi) is 3.56. The van der Waals surface area contributed by atoms with Crippen LogP contribution in [0.4, 0.5) is 0 Å². The highest BCUT2D eigenvalue weighted by Gasteiger charge is 2.48. The first-order valence-corrected chi connectivity index (χ1v) is 8.47. The number of hydrazine groups is 1. The summed E-state index contributed by atoms with van der Waals surface area (Å²) in [5.41, 5.74) is 4.68. The lowest BCUT2D eigenvalue weighted by molar-refractivity contribution is -0.131. The summed E-state index contributed by atoms with van der Waals surface area (Å²) in [6.45, 7) is 2.61. The van der Waals surface area contributed by atoms with Crippen molar-refractivity contribution >= 4 is 23.6 Å². The van der Waals surface area contributed by atoms with E-state index >= 15 is 0 Å². The van der Waals surface area contributed by atoms with Crippen LogP contribution in [0.2, 0.25) is 0 Å². The molecule has 3 aliphatic heterocycles. The Labute approximate surface area is 132 Å². The fourth-order valence-electron chi connectivity index (χ4n) is 3.15. The maximum atomic E-state index is 12.6. The van der Waals surface area contributed by atoms with Gasteiger partial charge in [-0.3, -0.25) is 15.0 Å². The average molecular weight is 319 g/mol. The minimum Gasteiger partial charge on any atom is -0.379 e. The fourth-order valence-corrected chi connectivity index (χ4v) is 4.61. The highest BCUT2D eigenvalue weighted by atomic mass is 32.2. The van der Waals surface area contributed by atoms with Gasteiger partial charge >= 0.3 is 0 Å². The number of fused-ring (bicyclic) bond motifs is 3. The van der Waals surface area contributed by atoms with Gasteiger partial charge in [0.25, 0.3) is 11.8 Å². The molecule has 0 saturated carbocycles. The molecule has 0 aliphatic carbocycles. The second-order valence-electron chi connectivity index (χ2n) is 5.58. The van der Waals surface area contributed by atoms with Crippen LogP contribution in [0.5, 0.6) is 0 Å². The number of rotatable bonds is 2. The van der Waals surface area contributed by atoms with E-state index in [2.05, 4.69) is 5.43 Å². The van der Waals surface area contributed by atoms with E-state index in [1.54, 1.807) is 16.7 Å². The van der Waals surface area contributed by atoms with Crippen molar-refractivity contribution in [1.29, 1.82) is 0 Å². The summed E-state index contributed by atoms with van der Waals surface area (Å²) in [5, 5.41) is 1.85. The van der Waals surface area contributed by atoms with Crippen molar-refractivity contribution in [3.05, 3.63) is 35.4 Å². The van der Waals surface area contributed by atoms with Gasteiger partial charge in [0, 0.05) is 24.4 Å². The predicted octanol–water partition coefficient (Wildman–Crippen LogP) is 0.620. The summed E-state index contributed by atoms with van der Waals surface area (Å²) in [5.74, 6) is 0.506. The molecule has 4 rings (SSSR count). The number of hydrogen-bond donors (Lipinski definition) is 1. The lowest BCUT2D eigenvalue weighted by Gasteiger charge is -2.30. The Hall–Kier alpha value is -1.57. The molecule has 2 amide bonds. The van der Waals surface area contributed by atoms with Crippen molar-refractivity contribution in [3.63, 3.8) is 0 Å². The third-order valence-corrected chi connectivity index (χ3v) is 5.58. The molecule has 1 aromatic rings. The van der Waals surface area contributed by atoms with E-state index in [0.29, 0.717) is 32.1 Å². The van der Waals surface area contributed by atoms with Gasteiger partial charge in [-0.25, -0.2) is 5.01 Å². The normalized spacial score (nSPS) is 27.6. The zero-order valence-electron chi connectivity index (χ0n) is 12.0. The van der Waals surface area contributed by atoms with Crippen molar-refractivity contribution in [2.75, 3.05) is 32.1 Å². The van der Waals surface area contributed by atoms with Gasteiger partial charge in [-0.05, 0) is 11.6 Å². The van der Waals surface area contributed by atoms with Gasteiger partial charge in [0.2, 0.25) is 0 Å². The quantitative estimate of drug-likeness (QED) is 0.866. The van der Waals surface area contributed by atoms with Gasteiger partial charge in [0.15, 0.2) is 0 Å². The van der Waals surface area contributed by atoms with Crippen LogP contribution in [-0.2, 0) is 9.53 Å².